The maximum Gasteiger partial charge on any atom is 0.0802 e. The highest BCUT2D eigenvalue weighted by molar-refractivity contribution is 5.26. The molecule has 18 heavy (non-hydrogen) atoms. The number of aliphatic hydroxyl groups is 2. The number of rotatable bonds is 1. The van der Waals surface area contributed by atoms with Gasteiger partial charge in [-0.05, 0) is 69.1 Å². The van der Waals surface area contributed by atoms with Crippen LogP contribution in [0.1, 0.15) is 33.6 Å². The van der Waals surface area contributed by atoms with Crippen molar-refractivity contribution in [1.82, 2.24) is 0 Å². The summed E-state index contributed by atoms with van der Waals surface area (Å²) in [5.41, 5.74) is -0.0737. The third kappa shape index (κ3) is 1.36. The second-order valence-electron chi connectivity index (χ2n) is 7.94. The predicted molar refractivity (Wildman–Crippen MR) is 66.8 cm³/mol. The summed E-state index contributed by atoms with van der Waals surface area (Å²) in [5.74, 6) is 4.18. The standard InChI is InChI=1S/C15H24O3/c1-15(2,3)18-14-10-6-4-8(16)9(17)5-7(10)12-11(6)13(12)14/h6-14,16-17H,4-5H2,1-3H3/t6-,7+,8+,9-,10?,11+,12-,13?,14-/m0/s1. The van der Waals surface area contributed by atoms with Gasteiger partial charge in [-0.15, -0.1) is 0 Å². The summed E-state index contributed by atoms with van der Waals surface area (Å²) in [6.07, 6.45) is 0.984. The Balaban J connectivity index is 1.61. The lowest BCUT2D eigenvalue weighted by molar-refractivity contribution is -0.0835. The summed E-state index contributed by atoms with van der Waals surface area (Å²) in [7, 11) is 0. The van der Waals surface area contributed by atoms with Gasteiger partial charge in [0.25, 0.3) is 0 Å². The van der Waals surface area contributed by atoms with Gasteiger partial charge < -0.3 is 14.9 Å². The van der Waals surface area contributed by atoms with Crippen LogP contribution in [0.5, 0.6) is 0 Å². The molecule has 0 spiro atoms. The van der Waals surface area contributed by atoms with Crippen molar-refractivity contribution in [2.45, 2.75) is 57.5 Å². The van der Waals surface area contributed by atoms with Crippen molar-refractivity contribution < 1.29 is 14.9 Å². The first-order chi connectivity index (χ1) is 8.38. The molecule has 0 heterocycles. The fourth-order valence-electron chi connectivity index (χ4n) is 5.61. The van der Waals surface area contributed by atoms with Crippen molar-refractivity contribution >= 4 is 0 Å². The van der Waals surface area contributed by atoms with Crippen LogP contribution >= 0.6 is 0 Å². The third-order valence-electron chi connectivity index (χ3n) is 5.89. The van der Waals surface area contributed by atoms with Gasteiger partial charge in [-0.2, -0.15) is 0 Å². The fourth-order valence-corrected chi connectivity index (χ4v) is 5.61. The molecule has 5 saturated carbocycles. The molecule has 2 unspecified atom stereocenters. The molecule has 5 aliphatic rings. The van der Waals surface area contributed by atoms with Crippen LogP contribution in [-0.4, -0.2) is 34.1 Å². The van der Waals surface area contributed by atoms with Gasteiger partial charge in [-0.3, -0.25) is 0 Å². The predicted octanol–water partition coefficient (Wildman–Crippen LogP) is 1.42. The average Bonchev–Trinajstić information content (AvgIpc) is 2.71. The Labute approximate surface area is 109 Å². The smallest absolute Gasteiger partial charge is 0.0802 e. The van der Waals surface area contributed by atoms with E-state index in [4.69, 9.17) is 4.74 Å². The average molecular weight is 252 g/mol. The lowest BCUT2D eigenvalue weighted by Gasteiger charge is -2.30. The van der Waals surface area contributed by atoms with Gasteiger partial charge in [0, 0.05) is 0 Å². The normalized spacial score (nSPS) is 60.8. The molecule has 0 aromatic heterocycles. The Morgan fingerprint density at radius 1 is 0.833 bits per heavy atom. The van der Waals surface area contributed by atoms with Crippen molar-refractivity contribution in [2.24, 2.45) is 35.5 Å². The summed E-state index contributed by atoms with van der Waals surface area (Å²) in [5, 5.41) is 20.0. The number of hydrogen-bond donors (Lipinski definition) is 2. The number of aliphatic hydroxyl groups excluding tert-OH is 2. The highest BCUT2D eigenvalue weighted by Gasteiger charge is 2.79. The maximum absolute atomic E-state index is 9.98. The zero-order chi connectivity index (χ0) is 12.8. The van der Waals surface area contributed by atoms with Gasteiger partial charge in [0.2, 0.25) is 0 Å². The van der Waals surface area contributed by atoms with Crippen molar-refractivity contribution in [3.8, 4) is 0 Å². The third-order valence-corrected chi connectivity index (χ3v) is 5.89. The van der Waals surface area contributed by atoms with Crippen molar-refractivity contribution in [2.75, 3.05) is 0 Å². The first kappa shape index (κ1) is 11.7. The summed E-state index contributed by atoms with van der Waals surface area (Å²) >= 11 is 0. The van der Waals surface area contributed by atoms with E-state index >= 15 is 0 Å². The van der Waals surface area contributed by atoms with Gasteiger partial charge in [0.05, 0.1) is 23.9 Å². The summed E-state index contributed by atoms with van der Waals surface area (Å²) in [4.78, 5) is 0. The highest BCUT2D eigenvalue weighted by atomic mass is 16.5. The van der Waals surface area contributed by atoms with E-state index in [1.807, 2.05) is 0 Å². The van der Waals surface area contributed by atoms with E-state index in [2.05, 4.69) is 20.8 Å². The monoisotopic (exact) mass is 252 g/mol. The Kier molecular flexibility index (Phi) is 2.15. The minimum absolute atomic E-state index is 0.0737. The van der Waals surface area contributed by atoms with Crippen molar-refractivity contribution in [3.63, 3.8) is 0 Å². The van der Waals surface area contributed by atoms with Crippen LogP contribution in [0.25, 0.3) is 0 Å². The molecule has 0 amide bonds. The van der Waals surface area contributed by atoms with Gasteiger partial charge in [-0.25, -0.2) is 0 Å². The molecule has 6 bridgehead atoms. The first-order valence-corrected chi connectivity index (χ1v) is 7.42. The van der Waals surface area contributed by atoms with Crippen LogP contribution in [0.3, 0.4) is 0 Å². The molecule has 2 N–H and O–H groups in total. The van der Waals surface area contributed by atoms with E-state index in [1.54, 1.807) is 0 Å². The maximum atomic E-state index is 9.98. The Bertz CT molecular complexity index is 350. The molecule has 102 valence electrons. The van der Waals surface area contributed by atoms with Gasteiger partial charge in [-0.1, -0.05) is 0 Å². The van der Waals surface area contributed by atoms with E-state index in [0.717, 1.165) is 30.6 Å². The molecule has 5 fully saturated rings. The SMILES string of the molecule is CC(C)(C)O[C@@H]1C2[C@@H]3[C@H]2[C@H]2C[C@@H](O)[C@@H](O)C[C@@H]3C12. The molecule has 0 radical (unpaired) electrons. The van der Waals surface area contributed by atoms with Crippen LogP contribution in [0.2, 0.25) is 0 Å². The number of ether oxygens (including phenoxy) is 1. The zero-order valence-corrected chi connectivity index (χ0v) is 11.4. The van der Waals surface area contributed by atoms with E-state index < -0.39 is 12.2 Å². The molecule has 0 aromatic carbocycles. The molecule has 3 heteroatoms. The number of hydrogen-bond acceptors (Lipinski definition) is 3. The van der Waals surface area contributed by atoms with Gasteiger partial charge in [0.1, 0.15) is 0 Å². The Hall–Kier alpha value is -0.120. The molecule has 5 rings (SSSR count). The lowest BCUT2D eigenvalue weighted by Crippen LogP contribution is -2.32. The summed E-state index contributed by atoms with van der Waals surface area (Å²) < 4.78 is 6.31. The van der Waals surface area contributed by atoms with Crippen LogP contribution < -0.4 is 0 Å². The van der Waals surface area contributed by atoms with Crippen LogP contribution in [-0.2, 0) is 4.74 Å². The molecule has 0 aromatic rings. The van der Waals surface area contributed by atoms with E-state index in [9.17, 15) is 10.2 Å². The molecule has 0 saturated heterocycles. The van der Waals surface area contributed by atoms with Crippen LogP contribution in [0.4, 0.5) is 0 Å². The molecule has 0 aliphatic heterocycles. The van der Waals surface area contributed by atoms with Crippen molar-refractivity contribution in [3.05, 3.63) is 0 Å². The Morgan fingerprint density at radius 3 is 1.78 bits per heavy atom. The summed E-state index contributed by atoms with van der Waals surface area (Å²) in [6, 6.07) is 0. The topological polar surface area (TPSA) is 49.7 Å². The fraction of sp³-hybridized carbons (Fsp3) is 1.00. The van der Waals surface area contributed by atoms with Gasteiger partial charge >= 0.3 is 0 Å². The summed E-state index contributed by atoms with van der Waals surface area (Å²) in [6.45, 7) is 6.40. The van der Waals surface area contributed by atoms with E-state index in [-0.39, 0.29) is 5.60 Å². The second kappa shape index (κ2) is 3.31. The minimum atomic E-state index is -0.502. The van der Waals surface area contributed by atoms with E-state index in [0.29, 0.717) is 23.9 Å². The quantitative estimate of drug-likeness (QED) is 0.742. The van der Waals surface area contributed by atoms with E-state index in [1.165, 1.54) is 0 Å². The van der Waals surface area contributed by atoms with Crippen molar-refractivity contribution in [1.29, 1.82) is 0 Å². The largest absolute Gasteiger partial charge is 0.390 e. The molecular weight excluding hydrogens is 228 g/mol. The van der Waals surface area contributed by atoms with Gasteiger partial charge in [0.15, 0.2) is 0 Å². The first-order valence-electron chi connectivity index (χ1n) is 7.42. The molecule has 3 nitrogen and oxygen atoms in total. The van der Waals surface area contributed by atoms with Crippen LogP contribution in [0.15, 0.2) is 0 Å². The highest BCUT2D eigenvalue weighted by Crippen LogP contribution is 2.79. The zero-order valence-electron chi connectivity index (χ0n) is 11.4. The van der Waals surface area contributed by atoms with Crippen LogP contribution in [0, 0.1) is 35.5 Å². The lowest BCUT2D eigenvalue weighted by atomic mass is 9.89. The molecule has 5 aliphatic carbocycles. The molecular formula is C15H24O3. The minimum Gasteiger partial charge on any atom is -0.390 e. The second-order valence-corrected chi connectivity index (χ2v) is 7.94. The molecule has 9 atom stereocenters. The Morgan fingerprint density at radius 2 is 1.33 bits per heavy atom.